The summed E-state index contributed by atoms with van der Waals surface area (Å²) in [7, 11) is 0. The van der Waals surface area contributed by atoms with Crippen molar-refractivity contribution in [2.24, 2.45) is 29.4 Å². The van der Waals surface area contributed by atoms with Gasteiger partial charge in [0.15, 0.2) is 0 Å². The van der Waals surface area contributed by atoms with E-state index in [4.69, 9.17) is 5.73 Å². The summed E-state index contributed by atoms with van der Waals surface area (Å²) < 4.78 is 0. The van der Waals surface area contributed by atoms with Crippen LogP contribution in [0.15, 0.2) is 17.2 Å². The van der Waals surface area contributed by atoms with Crippen molar-refractivity contribution in [2.45, 2.75) is 46.5 Å². The Morgan fingerprint density at radius 3 is 2.26 bits per heavy atom. The van der Waals surface area contributed by atoms with Crippen LogP contribution in [-0.4, -0.2) is 22.9 Å². The number of amides is 2. The number of carbonyl (C=O) groups is 3. The van der Waals surface area contributed by atoms with Crippen LogP contribution < -0.4 is 11.1 Å². The van der Waals surface area contributed by atoms with Crippen molar-refractivity contribution in [2.75, 3.05) is 5.32 Å². The molecule has 0 aliphatic heterocycles. The fraction of sp³-hybridized carbons (Fsp3) is 0.550. The van der Waals surface area contributed by atoms with Crippen LogP contribution in [0.25, 0.3) is 0 Å². The Bertz CT molecular complexity index is 835. The van der Waals surface area contributed by atoms with Crippen molar-refractivity contribution in [1.29, 1.82) is 0 Å². The minimum absolute atomic E-state index is 0.0392. The molecule has 146 valence electrons. The lowest BCUT2D eigenvalue weighted by molar-refractivity contribution is -0.148. The number of thiophene rings is 1. The molecular weight excluding hydrogens is 364 g/mol. The number of nitrogens with two attached hydrogens (primary N) is 1. The minimum atomic E-state index is -0.926. The van der Waals surface area contributed by atoms with Gasteiger partial charge in [0.25, 0.3) is 5.91 Å². The zero-order valence-corrected chi connectivity index (χ0v) is 16.9. The molecule has 4 N–H and O–H groups in total. The van der Waals surface area contributed by atoms with Gasteiger partial charge >= 0.3 is 5.97 Å². The van der Waals surface area contributed by atoms with E-state index in [0.717, 1.165) is 28.9 Å². The average molecular weight is 391 g/mol. The first-order chi connectivity index (χ1) is 12.6. The SMILES string of the molecule is CC(C)=C1C2CCC1C(C(=O)Nc1sc(C(C)C)cc1C(N)=O)C2C(=O)O. The fourth-order valence-electron chi connectivity index (χ4n) is 4.77. The first-order valence-electron chi connectivity index (χ1n) is 9.27. The molecule has 2 aliphatic carbocycles. The molecule has 0 saturated heterocycles. The maximum absolute atomic E-state index is 13.1. The van der Waals surface area contributed by atoms with Crippen LogP contribution in [0.2, 0.25) is 0 Å². The molecule has 2 aliphatic rings. The quantitative estimate of drug-likeness (QED) is 0.667. The summed E-state index contributed by atoms with van der Waals surface area (Å²) >= 11 is 1.33. The van der Waals surface area contributed by atoms with Crippen LogP contribution in [0.5, 0.6) is 0 Å². The van der Waals surface area contributed by atoms with Gasteiger partial charge in [-0.05, 0) is 50.5 Å². The van der Waals surface area contributed by atoms with E-state index in [9.17, 15) is 19.5 Å². The van der Waals surface area contributed by atoms with Gasteiger partial charge in [0.1, 0.15) is 5.00 Å². The number of hydrogen-bond donors (Lipinski definition) is 3. The van der Waals surface area contributed by atoms with Gasteiger partial charge < -0.3 is 16.2 Å². The van der Waals surface area contributed by atoms with Crippen LogP contribution in [-0.2, 0) is 9.59 Å². The van der Waals surface area contributed by atoms with Crippen LogP contribution in [0, 0.1) is 23.7 Å². The van der Waals surface area contributed by atoms with Gasteiger partial charge in [-0.1, -0.05) is 25.0 Å². The third kappa shape index (κ3) is 3.29. The van der Waals surface area contributed by atoms with Gasteiger partial charge in [-0.25, -0.2) is 0 Å². The molecular formula is C20H26N2O4S. The van der Waals surface area contributed by atoms with Crippen LogP contribution in [0.4, 0.5) is 5.00 Å². The summed E-state index contributed by atoms with van der Waals surface area (Å²) in [6.45, 7) is 7.97. The molecule has 27 heavy (non-hydrogen) atoms. The first-order valence-corrected chi connectivity index (χ1v) is 10.1. The van der Waals surface area contributed by atoms with Crippen molar-refractivity contribution < 1.29 is 19.5 Å². The standard InChI is InChI=1S/C20H26N2O4S/c1-8(2)13-7-12(17(21)23)19(27-13)22-18(24)15-10-5-6-11(14(10)9(3)4)16(15)20(25)26/h7-8,10-11,15-16H,5-6H2,1-4H3,(H2,21,23)(H,22,24)(H,25,26). The maximum atomic E-state index is 13.1. The van der Waals surface area contributed by atoms with E-state index in [-0.39, 0.29) is 29.2 Å². The van der Waals surface area contributed by atoms with E-state index < -0.39 is 23.7 Å². The monoisotopic (exact) mass is 390 g/mol. The van der Waals surface area contributed by atoms with Crippen molar-refractivity contribution >= 4 is 34.1 Å². The van der Waals surface area contributed by atoms with Crippen LogP contribution in [0.1, 0.15) is 61.7 Å². The number of nitrogens with one attached hydrogen (secondary N) is 1. The molecule has 4 atom stereocenters. The van der Waals surface area contributed by atoms with E-state index in [0.29, 0.717) is 5.00 Å². The first kappa shape index (κ1) is 19.6. The number of fused-ring (bicyclic) bond motifs is 2. The number of primary amides is 1. The molecule has 2 fully saturated rings. The fourth-order valence-corrected chi connectivity index (χ4v) is 5.84. The highest BCUT2D eigenvalue weighted by Gasteiger charge is 2.57. The van der Waals surface area contributed by atoms with Crippen molar-refractivity contribution in [3.8, 4) is 0 Å². The zero-order chi connectivity index (χ0) is 20.0. The Morgan fingerprint density at radius 1 is 1.19 bits per heavy atom. The van der Waals surface area contributed by atoms with Gasteiger partial charge in [-0.3, -0.25) is 14.4 Å². The van der Waals surface area contributed by atoms with E-state index in [1.807, 2.05) is 27.7 Å². The van der Waals surface area contributed by atoms with Gasteiger partial charge in [-0.15, -0.1) is 11.3 Å². The molecule has 1 heterocycles. The number of anilines is 1. The maximum Gasteiger partial charge on any atom is 0.307 e. The molecule has 0 radical (unpaired) electrons. The third-order valence-corrected chi connectivity index (χ3v) is 7.18. The summed E-state index contributed by atoms with van der Waals surface area (Å²) in [5.74, 6) is -3.09. The highest BCUT2D eigenvalue weighted by Crippen LogP contribution is 2.57. The predicted molar refractivity (Wildman–Crippen MR) is 105 cm³/mol. The lowest BCUT2D eigenvalue weighted by Crippen LogP contribution is -2.38. The normalized spacial score (nSPS) is 26.5. The van der Waals surface area contributed by atoms with E-state index in [1.54, 1.807) is 6.07 Å². The number of carboxylic acids is 1. The highest BCUT2D eigenvalue weighted by molar-refractivity contribution is 7.16. The highest BCUT2D eigenvalue weighted by atomic mass is 32.1. The topological polar surface area (TPSA) is 109 Å². The number of rotatable bonds is 5. The second-order valence-corrected chi connectivity index (χ2v) is 9.12. The van der Waals surface area contributed by atoms with Gasteiger partial charge in [0, 0.05) is 4.88 Å². The minimum Gasteiger partial charge on any atom is -0.481 e. The number of hydrogen-bond acceptors (Lipinski definition) is 4. The number of carboxylic acid groups (broad SMARTS) is 1. The molecule has 7 heteroatoms. The number of allylic oxidation sites excluding steroid dienone is 2. The van der Waals surface area contributed by atoms with Gasteiger partial charge in [0.2, 0.25) is 5.91 Å². The lowest BCUT2D eigenvalue weighted by Gasteiger charge is -2.26. The molecule has 0 aromatic carbocycles. The Hall–Kier alpha value is -2.15. The molecule has 0 spiro atoms. The summed E-state index contributed by atoms with van der Waals surface area (Å²) in [5.41, 5.74) is 8.00. The number of carbonyl (C=O) groups excluding carboxylic acids is 2. The summed E-state index contributed by atoms with van der Waals surface area (Å²) in [4.78, 5) is 37.7. The largest absolute Gasteiger partial charge is 0.481 e. The second kappa shape index (κ2) is 7.11. The molecule has 2 bridgehead atoms. The third-order valence-electron chi connectivity index (χ3n) is 5.83. The van der Waals surface area contributed by atoms with Crippen molar-refractivity contribution in [3.05, 3.63) is 27.7 Å². The molecule has 1 aromatic rings. The van der Waals surface area contributed by atoms with Crippen molar-refractivity contribution in [1.82, 2.24) is 0 Å². The van der Waals surface area contributed by atoms with Crippen LogP contribution in [0.3, 0.4) is 0 Å². The summed E-state index contributed by atoms with van der Waals surface area (Å²) in [6.07, 6.45) is 1.65. The van der Waals surface area contributed by atoms with E-state index in [1.165, 1.54) is 11.3 Å². The average Bonchev–Trinajstić information content (AvgIpc) is 3.24. The van der Waals surface area contributed by atoms with Gasteiger partial charge in [-0.2, -0.15) is 0 Å². The smallest absolute Gasteiger partial charge is 0.307 e. The molecule has 4 unspecified atom stereocenters. The second-order valence-electron chi connectivity index (χ2n) is 8.04. The van der Waals surface area contributed by atoms with E-state index >= 15 is 0 Å². The Morgan fingerprint density at radius 2 is 1.78 bits per heavy atom. The molecule has 3 rings (SSSR count). The van der Waals surface area contributed by atoms with Gasteiger partial charge in [0.05, 0.1) is 17.4 Å². The molecule has 2 amide bonds. The lowest BCUT2D eigenvalue weighted by atomic mass is 9.79. The molecule has 1 aromatic heterocycles. The predicted octanol–water partition coefficient (Wildman–Crippen LogP) is 3.60. The Labute approximate surface area is 162 Å². The molecule has 6 nitrogen and oxygen atoms in total. The Kier molecular flexibility index (Phi) is 5.16. The van der Waals surface area contributed by atoms with Crippen LogP contribution >= 0.6 is 11.3 Å². The summed E-state index contributed by atoms with van der Waals surface area (Å²) in [5, 5.41) is 13.0. The van der Waals surface area contributed by atoms with Crippen molar-refractivity contribution in [3.63, 3.8) is 0 Å². The zero-order valence-electron chi connectivity index (χ0n) is 16.0. The molecule has 2 saturated carbocycles. The Balaban J connectivity index is 1.93. The number of aliphatic carboxylic acids is 1. The van der Waals surface area contributed by atoms with E-state index in [2.05, 4.69) is 5.32 Å². The summed E-state index contributed by atoms with van der Waals surface area (Å²) in [6, 6.07) is 1.71.